The Morgan fingerprint density at radius 2 is 1.50 bits per heavy atom. The second kappa shape index (κ2) is 6.66. The van der Waals surface area contributed by atoms with Crippen molar-refractivity contribution in [1.82, 2.24) is 9.97 Å². The number of para-hydroxylation sites is 1. The largest absolute Gasteiger partial charge is 0.329 e. The Morgan fingerprint density at radius 3 is 2.23 bits per heavy atom. The van der Waals surface area contributed by atoms with Gasteiger partial charge in [-0.2, -0.15) is 5.26 Å². The van der Waals surface area contributed by atoms with Crippen LogP contribution in [0.25, 0.3) is 22.3 Å². The number of aromatic nitrogens is 2. The quantitative estimate of drug-likeness (QED) is 0.532. The fourth-order valence-corrected chi connectivity index (χ4v) is 2.91. The van der Waals surface area contributed by atoms with Crippen LogP contribution in [0, 0.1) is 11.3 Å². The van der Waals surface area contributed by atoms with E-state index in [-0.39, 0.29) is 0 Å². The molecule has 0 aliphatic rings. The van der Waals surface area contributed by atoms with Gasteiger partial charge in [0.1, 0.15) is 5.82 Å². The Hall–Kier alpha value is -3.71. The maximum absolute atomic E-state index is 9.00. The number of hydrogen-bond acceptors (Lipinski definition) is 4. The molecule has 4 rings (SSSR count). The van der Waals surface area contributed by atoms with Gasteiger partial charge >= 0.3 is 0 Å². The maximum Gasteiger partial charge on any atom is 0.162 e. The van der Waals surface area contributed by atoms with E-state index in [1.165, 1.54) is 0 Å². The molecule has 0 aliphatic heterocycles. The average Bonchev–Trinajstić information content (AvgIpc) is 2.73. The van der Waals surface area contributed by atoms with Crippen LogP contribution < -0.4 is 4.90 Å². The molecule has 0 spiro atoms. The van der Waals surface area contributed by atoms with Crippen molar-refractivity contribution in [3.8, 4) is 17.5 Å². The van der Waals surface area contributed by atoms with Gasteiger partial charge in [-0.1, -0.05) is 42.5 Å². The summed E-state index contributed by atoms with van der Waals surface area (Å²) in [6.07, 6.45) is 0. The highest BCUT2D eigenvalue weighted by Crippen LogP contribution is 2.31. The first-order valence-corrected chi connectivity index (χ1v) is 8.32. The molecule has 0 saturated heterocycles. The van der Waals surface area contributed by atoms with E-state index in [0.717, 1.165) is 28.0 Å². The lowest BCUT2D eigenvalue weighted by molar-refractivity contribution is 1.12. The van der Waals surface area contributed by atoms with Crippen molar-refractivity contribution in [2.24, 2.45) is 0 Å². The zero-order valence-electron chi connectivity index (χ0n) is 14.3. The predicted octanol–water partition coefficient (Wildman–Crippen LogP) is 4.94. The van der Waals surface area contributed by atoms with Crippen LogP contribution in [0.1, 0.15) is 5.56 Å². The Balaban J connectivity index is 1.88. The van der Waals surface area contributed by atoms with Crippen LogP contribution in [-0.4, -0.2) is 17.0 Å². The first-order valence-electron chi connectivity index (χ1n) is 8.32. The summed E-state index contributed by atoms with van der Waals surface area (Å²) in [7, 11) is 1.98. The summed E-state index contributed by atoms with van der Waals surface area (Å²) in [5.74, 6) is 1.53. The van der Waals surface area contributed by atoms with Crippen molar-refractivity contribution in [3.63, 3.8) is 0 Å². The zero-order chi connectivity index (χ0) is 17.9. The van der Waals surface area contributed by atoms with E-state index in [1.807, 2.05) is 90.8 Å². The van der Waals surface area contributed by atoms with Crippen LogP contribution in [0.15, 0.2) is 78.9 Å². The molecule has 124 valence electrons. The molecule has 0 N–H and O–H groups in total. The monoisotopic (exact) mass is 336 g/mol. The first kappa shape index (κ1) is 15.8. The molecule has 0 saturated carbocycles. The summed E-state index contributed by atoms with van der Waals surface area (Å²) >= 11 is 0. The van der Waals surface area contributed by atoms with Crippen molar-refractivity contribution >= 4 is 22.4 Å². The van der Waals surface area contributed by atoms with Crippen LogP contribution in [0.5, 0.6) is 0 Å². The van der Waals surface area contributed by atoms with Gasteiger partial charge in [-0.05, 0) is 36.4 Å². The molecule has 0 amide bonds. The number of benzene rings is 3. The minimum atomic E-state index is 0.639. The topological polar surface area (TPSA) is 52.8 Å². The predicted molar refractivity (Wildman–Crippen MR) is 104 cm³/mol. The van der Waals surface area contributed by atoms with Gasteiger partial charge < -0.3 is 4.90 Å². The third kappa shape index (κ3) is 2.87. The smallest absolute Gasteiger partial charge is 0.162 e. The van der Waals surface area contributed by atoms with Gasteiger partial charge in [0.2, 0.25) is 0 Å². The number of nitrogens with zero attached hydrogens (tertiary/aromatic N) is 4. The second-order valence-corrected chi connectivity index (χ2v) is 5.97. The van der Waals surface area contributed by atoms with Gasteiger partial charge in [0.15, 0.2) is 5.82 Å². The average molecular weight is 336 g/mol. The number of hydrogen-bond donors (Lipinski definition) is 0. The van der Waals surface area contributed by atoms with E-state index in [4.69, 9.17) is 15.2 Å². The van der Waals surface area contributed by atoms with Gasteiger partial charge in [0.25, 0.3) is 0 Å². The highest BCUT2D eigenvalue weighted by molar-refractivity contribution is 5.92. The summed E-state index contributed by atoms with van der Waals surface area (Å²) in [5, 5.41) is 9.99. The molecule has 0 fully saturated rings. The van der Waals surface area contributed by atoms with Gasteiger partial charge in [-0.25, -0.2) is 9.97 Å². The Labute approximate surface area is 152 Å². The van der Waals surface area contributed by atoms with Crippen LogP contribution >= 0.6 is 0 Å². The molecule has 1 aromatic heterocycles. The third-order valence-corrected chi connectivity index (χ3v) is 4.32. The lowest BCUT2D eigenvalue weighted by atomic mass is 10.1. The Morgan fingerprint density at radius 1 is 0.808 bits per heavy atom. The molecule has 0 atom stereocenters. The number of fused-ring (bicyclic) bond motifs is 1. The minimum absolute atomic E-state index is 0.639. The van der Waals surface area contributed by atoms with Gasteiger partial charge in [0.05, 0.1) is 17.1 Å². The van der Waals surface area contributed by atoms with Crippen molar-refractivity contribution < 1.29 is 0 Å². The molecular weight excluding hydrogens is 320 g/mol. The molecular formula is C22H16N4. The number of anilines is 2. The summed E-state index contributed by atoms with van der Waals surface area (Å²) in [5.41, 5.74) is 3.48. The van der Waals surface area contributed by atoms with Crippen LogP contribution in [0.2, 0.25) is 0 Å². The van der Waals surface area contributed by atoms with Crippen LogP contribution in [0.3, 0.4) is 0 Å². The normalized spacial score (nSPS) is 10.5. The van der Waals surface area contributed by atoms with Crippen molar-refractivity contribution in [2.75, 3.05) is 11.9 Å². The van der Waals surface area contributed by atoms with E-state index in [0.29, 0.717) is 11.4 Å². The maximum atomic E-state index is 9.00. The fraction of sp³-hybridized carbons (Fsp3) is 0.0455. The highest BCUT2D eigenvalue weighted by Gasteiger charge is 2.14. The van der Waals surface area contributed by atoms with E-state index < -0.39 is 0 Å². The van der Waals surface area contributed by atoms with Crippen LogP contribution in [-0.2, 0) is 0 Å². The molecule has 0 radical (unpaired) electrons. The first-order chi connectivity index (χ1) is 12.8. The van der Waals surface area contributed by atoms with Crippen molar-refractivity contribution in [2.45, 2.75) is 0 Å². The molecule has 4 aromatic rings. The fourth-order valence-electron chi connectivity index (χ4n) is 2.91. The lowest BCUT2D eigenvalue weighted by Crippen LogP contribution is -2.13. The van der Waals surface area contributed by atoms with E-state index in [9.17, 15) is 0 Å². The lowest BCUT2D eigenvalue weighted by Gasteiger charge is -2.21. The van der Waals surface area contributed by atoms with Gasteiger partial charge in [0, 0.05) is 23.7 Å². The molecule has 0 aliphatic carbocycles. The zero-order valence-corrected chi connectivity index (χ0v) is 14.3. The SMILES string of the molecule is CN(c1ccc(C#N)cc1)c1nc(-c2ccccc2)nc2ccccc12. The van der Waals surface area contributed by atoms with Crippen molar-refractivity contribution in [1.29, 1.82) is 5.26 Å². The summed E-state index contributed by atoms with van der Waals surface area (Å²) in [6.45, 7) is 0. The molecule has 3 aromatic carbocycles. The molecule has 4 heteroatoms. The summed E-state index contributed by atoms with van der Waals surface area (Å²) in [6, 6.07) is 27.6. The minimum Gasteiger partial charge on any atom is -0.329 e. The molecule has 4 nitrogen and oxygen atoms in total. The molecule has 1 heterocycles. The molecule has 0 unspecified atom stereocenters. The van der Waals surface area contributed by atoms with Crippen LogP contribution in [0.4, 0.5) is 11.5 Å². The Bertz CT molecular complexity index is 1100. The number of rotatable bonds is 3. The standard InChI is InChI=1S/C22H16N4/c1-26(18-13-11-16(15-23)12-14-18)22-19-9-5-6-10-20(19)24-21(25-22)17-7-3-2-4-8-17/h2-14H,1H3. The summed E-state index contributed by atoms with van der Waals surface area (Å²) in [4.78, 5) is 11.6. The highest BCUT2D eigenvalue weighted by atomic mass is 15.2. The number of nitriles is 1. The van der Waals surface area contributed by atoms with Crippen molar-refractivity contribution in [3.05, 3.63) is 84.4 Å². The van der Waals surface area contributed by atoms with E-state index in [1.54, 1.807) is 0 Å². The van der Waals surface area contributed by atoms with Gasteiger partial charge in [-0.15, -0.1) is 0 Å². The molecule has 0 bridgehead atoms. The molecule has 26 heavy (non-hydrogen) atoms. The van der Waals surface area contributed by atoms with E-state index in [2.05, 4.69) is 6.07 Å². The summed E-state index contributed by atoms with van der Waals surface area (Å²) < 4.78 is 0. The Kier molecular flexibility index (Phi) is 4.04. The third-order valence-electron chi connectivity index (χ3n) is 4.32. The van der Waals surface area contributed by atoms with Gasteiger partial charge in [-0.3, -0.25) is 0 Å². The van der Waals surface area contributed by atoms with E-state index >= 15 is 0 Å². The second-order valence-electron chi connectivity index (χ2n) is 5.97.